The molecular weight excluding hydrogens is 356 g/mol. The summed E-state index contributed by atoms with van der Waals surface area (Å²) in [4.78, 5) is 28.5. The van der Waals surface area contributed by atoms with Crippen molar-refractivity contribution in [2.75, 3.05) is 31.1 Å². The Bertz CT molecular complexity index is 758. The SMILES string of the molecule is CC1CC(C)CN(c2ccc(C(=O)N3CCC4CCC(C3)N4)cc2[N+](=O)[O-])C1. The maximum Gasteiger partial charge on any atom is 0.293 e. The normalized spacial score (nSPS) is 30.2. The number of rotatable bonds is 3. The highest BCUT2D eigenvalue weighted by Gasteiger charge is 2.33. The van der Waals surface area contributed by atoms with Gasteiger partial charge in [-0.05, 0) is 49.7 Å². The Morgan fingerprint density at radius 3 is 2.54 bits per heavy atom. The summed E-state index contributed by atoms with van der Waals surface area (Å²) in [6.07, 6.45) is 4.37. The minimum atomic E-state index is -0.345. The van der Waals surface area contributed by atoms with Crippen molar-refractivity contribution in [3.05, 3.63) is 33.9 Å². The van der Waals surface area contributed by atoms with Crippen LogP contribution in [0.15, 0.2) is 18.2 Å². The van der Waals surface area contributed by atoms with Crippen LogP contribution >= 0.6 is 0 Å². The van der Waals surface area contributed by atoms with Crippen molar-refractivity contribution < 1.29 is 9.72 Å². The summed E-state index contributed by atoms with van der Waals surface area (Å²) in [5.41, 5.74) is 1.10. The maximum absolute atomic E-state index is 13.1. The molecule has 3 aliphatic heterocycles. The van der Waals surface area contributed by atoms with Gasteiger partial charge in [-0.3, -0.25) is 14.9 Å². The molecule has 4 rings (SSSR count). The van der Waals surface area contributed by atoms with Gasteiger partial charge in [0, 0.05) is 49.9 Å². The number of hydrogen-bond donors (Lipinski definition) is 1. The van der Waals surface area contributed by atoms with Crippen molar-refractivity contribution in [2.24, 2.45) is 11.8 Å². The first-order chi connectivity index (χ1) is 13.4. The van der Waals surface area contributed by atoms with E-state index in [-0.39, 0.29) is 16.5 Å². The van der Waals surface area contributed by atoms with Crippen molar-refractivity contribution in [1.29, 1.82) is 0 Å². The van der Waals surface area contributed by atoms with E-state index in [0.29, 0.717) is 48.3 Å². The molecule has 2 bridgehead atoms. The van der Waals surface area contributed by atoms with Crippen molar-refractivity contribution in [3.8, 4) is 0 Å². The van der Waals surface area contributed by atoms with Crippen LogP contribution in [0.3, 0.4) is 0 Å². The lowest BCUT2D eigenvalue weighted by Gasteiger charge is -2.36. The van der Waals surface area contributed by atoms with Gasteiger partial charge in [0.25, 0.3) is 11.6 Å². The van der Waals surface area contributed by atoms with E-state index in [1.54, 1.807) is 12.1 Å². The van der Waals surface area contributed by atoms with Gasteiger partial charge in [-0.1, -0.05) is 13.8 Å². The van der Waals surface area contributed by atoms with Crippen molar-refractivity contribution in [2.45, 2.75) is 51.6 Å². The summed E-state index contributed by atoms with van der Waals surface area (Å²) in [6, 6.07) is 5.88. The van der Waals surface area contributed by atoms with Crippen molar-refractivity contribution in [1.82, 2.24) is 10.2 Å². The first-order valence-corrected chi connectivity index (χ1v) is 10.5. The molecule has 3 fully saturated rings. The molecule has 0 aromatic heterocycles. The number of likely N-dealkylation sites (tertiary alicyclic amines) is 1. The number of carbonyl (C=O) groups excluding carboxylic acids is 1. The molecule has 3 heterocycles. The largest absolute Gasteiger partial charge is 0.365 e. The number of benzene rings is 1. The molecule has 1 amide bonds. The second kappa shape index (κ2) is 7.70. The van der Waals surface area contributed by atoms with E-state index in [9.17, 15) is 14.9 Å². The fourth-order valence-electron chi connectivity index (χ4n) is 5.24. The highest BCUT2D eigenvalue weighted by molar-refractivity contribution is 5.96. The highest BCUT2D eigenvalue weighted by atomic mass is 16.6. The Labute approximate surface area is 166 Å². The predicted octanol–water partition coefficient (Wildman–Crippen LogP) is 3.04. The van der Waals surface area contributed by atoms with Crippen LogP contribution in [0, 0.1) is 22.0 Å². The molecule has 28 heavy (non-hydrogen) atoms. The minimum Gasteiger partial charge on any atom is -0.365 e. The van der Waals surface area contributed by atoms with E-state index in [2.05, 4.69) is 24.1 Å². The topological polar surface area (TPSA) is 78.7 Å². The Morgan fingerprint density at radius 2 is 1.82 bits per heavy atom. The molecule has 1 N–H and O–H groups in total. The number of amides is 1. The molecular formula is C21H30N4O3. The summed E-state index contributed by atoms with van der Waals surface area (Å²) in [5, 5.41) is 15.4. The van der Waals surface area contributed by atoms with E-state index in [4.69, 9.17) is 0 Å². The van der Waals surface area contributed by atoms with Crippen LogP contribution in [0.2, 0.25) is 0 Å². The third-order valence-corrected chi connectivity index (χ3v) is 6.44. The molecule has 1 aromatic rings. The first kappa shape index (κ1) is 19.2. The summed E-state index contributed by atoms with van der Waals surface area (Å²) < 4.78 is 0. The van der Waals surface area contributed by atoms with E-state index in [0.717, 1.165) is 32.4 Å². The second-order valence-corrected chi connectivity index (χ2v) is 8.99. The van der Waals surface area contributed by atoms with Gasteiger partial charge >= 0.3 is 0 Å². The van der Waals surface area contributed by atoms with Crippen LogP contribution in [0.5, 0.6) is 0 Å². The molecule has 0 spiro atoms. The zero-order chi connectivity index (χ0) is 19.8. The molecule has 4 unspecified atom stereocenters. The second-order valence-electron chi connectivity index (χ2n) is 8.99. The van der Waals surface area contributed by atoms with Crippen LogP contribution in [0.1, 0.15) is 49.9 Å². The fraction of sp³-hybridized carbons (Fsp3) is 0.667. The zero-order valence-corrected chi connectivity index (χ0v) is 16.8. The summed E-state index contributed by atoms with van der Waals surface area (Å²) in [5.74, 6) is 0.916. The third-order valence-electron chi connectivity index (χ3n) is 6.44. The van der Waals surface area contributed by atoms with Crippen molar-refractivity contribution in [3.63, 3.8) is 0 Å². The van der Waals surface area contributed by atoms with E-state index in [1.807, 2.05) is 4.90 Å². The Kier molecular flexibility index (Phi) is 5.27. The number of nitrogens with zero attached hydrogens (tertiary/aromatic N) is 3. The summed E-state index contributed by atoms with van der Waals surface area (Å²) in [6.45, 7) is 7.41. The molecule has 0 radical (unpaired) electrons. The molecule has 0 aliphatic carbocycles. The maximum atomic E-state index is 13.1. The van der Waals surface area contributed by atoms with Crippen LogP contribution in [0.4, 0.5) is 11.4 Å². The lowest BCUT2D eigenvalue weighted by atomic mass is 9.91. The third kappa shape index (κ3) is 3.85. The first-order valence-electron chi connectivity index (χ1n) is 10.5. The molecule has 0 saturated carbocycles. The average molecular weight is 386 g/mol. The van der Waals surface area contributed by atoms with Crippen LogP contribution < -0.4 is 10.2 Å². The number of hydrogen-bond acceptors (Lipinski definition) is 5. The Balaban J connectivity index is 1.57. The molecule has 7 heteroatoms. The zero-order valence-electron chi connectivity index (χ0n) is 16.8. The highest BCUT2D eigenvalue weighted by Crippen LogP contribution is 2.34. The van der Waals surface area contributed by atoms with E-state index >= 15 is 0 Å². The Morgan fingerprint density at radius 1 is 1.11 bits per heavy atom. The monoisotopic (exact) mass is 386 g/mol. The number of nitro benzene ring substituents is 1. The summed E-state index contributed by atoms with van der Waals surface area (Å²) >= 11 is 0. The molecule has 4 atom stereocenters. The summed E-state index contributed by atoms with van der Waals surface area (Å²) in [7, 11) is 0. The van der Waals surface area contributed by atoms with Gasteiger partial charge in [0.15, 0.2) is 0 Å². The lowest BCUT2D eigenvalue weighted by Crippen LogP contribution is -2.39. The van der Waals surface area contributed by atoms with Gasteiger partial charge in [0.2, 0.25) is 0 Å². The van der Waals surface area contributed by atoms with Gasteiger partial charge in [0.05, 0.1) is 4.92 Å². The smallest absolute Gasteiger partial charge is 0.293 e. The van der Waals surface area contributed by atoms with Crippen LogP contribution in [0.25, 0.3) is 0 Å². The molecule has 3 saturated heterocycles. The van der Waals surface area contributed by atoms with Crippen molar-refractivity contribution >= 4 is 17.3 Å². The van der Waals surface area contributed by atoms with Gasteiger partial charge in [0.1, 0.15) is 5.69 Å². The standard InChI is InChI=1S/C21H30N4O3/c1-14-9-15(2)12-24(11-14)19-6-3-16(10-20(19)25(27)28)21(26)23-8-7-17-4-5-18(13-23)22-17/h3,6,10,14-15,17-18,22H,4-5,7-9,11-13H2,1-2H3. The van der Waals surface area contributed by atoms with Gasteiger partial charge < -0.3 is 15.1 Å². The Hall–Kier alpha value is -2.15. The minimum absolute atomic E-state index is 0.0432. The number of anilines is 1. The number of nitro groups is 1. The number of piperidine rings is 1. The molecule has 7 nitrogen and oxygen atoms in total. The number of nitrogens with one attached hydrogen (secondary N) is 1. The van der Waals surface area contributed by atoms with E-state index in [1.165, 1.54) is 12.5 Å². The van der Waals surface area contributed by atoms with Crippen LogP contribution in [-0.2, 0) is 0 Å². The number of fused-ring (bicyclic) bond motifs is 2. The van der Waals surface area contributed by atoms with Crippen LogP contribution in [-0.4, -0.2) is 54.0 Å². The fourth-order valence-corrected chi connectivity index (χ4v) is 5.24. The average Bonchev–Trinajstić information content (AvgIpc) is 2.98. The quantitative estimate of drug-likeness (QED) is 0.638. The molecule has 152 valence electrons. The lowest BCUT2D eigenvalue weighted by molar-refractivity contribution is -0.384. The van der Waals surface area contributed by atoms with Gasteiger partial charge in [-0.25, -0.2) is 0 Å². The van der Waals surface area contributed by atoms with Gasteiger partial charge in [-0.2, -0.15) is 0 Å². The van der Waals surface area contributed by atoms with E-state index < -0.39 is 0 Å². The number of carbonyl (C=O) groups is 1. The van der Waals surface area contributed by atoms with Gasteiger partial charge in [-0.15, -0.1) is 0 Å². The molecule has 3 aliphatic rings. The molecule has 1 aromatic carbocycles. The predicted molar refractivity (Wildman–Crippen MR) is 109 cm³/mol.